The molecule has 0 saturated carbocycles. The zero-order chi connectivity index (χ0) is 17.0. The maximum atomic E-state index is 11.7. The molecule has 1 fully saturated rings. The summed E-state index contributed by atoms with van der Waals surface area (Å²) in [5, 5.41) is 8.17. The van der Waals surface area contributed by atoms with Gasteiger partial charge in [-0.25, -0.2) is 13.2 Å². The van der Waals surface area contributed by atoms with E-state index in [0.29, 0.717) is 22.2 Å². The van der Waals surface area contributed by atoms with Crippen LogP contribution in [0.25, 0.3) is 0 Å². The molecule has 126 valence electrons. The number of amides is 3. The number of sulfone groups is 1. The molecule has 3 amide bonds. The molecule has 1 unspecified atom stereocenters. The van der Waals surface area contributed by atoms with E-state index >= 15 is 0 Å². The van der Waals surface area contributed by atoms with Crippen LogP contribution < -0.4 is 16.0 Å². The van der Waals surface area contributed by atoms with Crippen molar-refractivity contribution in [3.8, 4) is 0 Å². The molecule has 10 heteroatoms. The molecule has 2 rings (SSSR count). The van der Waals surface area contributed by atoms with Crippen LogP contribution in [0.4, 0.5) is 10.5 Å². The van der Waals surface area contributed by atoms with Gasteiger partial charge in [0.05, 0.1) is 18.1 Å². The number of nitrogens with one attached hydrogen (secondary N) is 3. The highest BCUT2D eigenvalue weighted by atomic mass is 35.5. The van der Waals surface area contributed by atoms with E-state index < -0.39 is 27.8 Å². The van der Waals surface area contributed by atoms with Crippen molar-refractivity contribution in [2.45, 2.75) is 12.5 Å². The Hall–Kier alpha value is -1.51. The maximum Gasteiger partial charge on any atom is 0.315 e. The van der Waals surface area contributed by atoms with Crippen LogP contribution in [0.1, 0.15) is 6.42 Å². The Morgan fingerprint density at radius 2 is 1.83 bits per heavy atom. The minimum atomic E-state index is -3.07. The third-order valence-electron chi connectivity index (χ3n) is 3.12. The summed E-state index contributed by atoms with van der Waals surface area (Å²) in [5.74, 6) is -0.473. The van der Waals surface area contributed by atoms with Gasteiger partial charge in [-0.05, 0) is 24.6 Å². The predicted octanol–water partition coefficient (Wildman–Crippen LogP) is 1.42. The lowest BCUT2D eigenvalue weighted by molar-refractivity contribution is -0.115. The van der Waals surface area contributed by atoms with Crippen molar-refractivity contribution in [3.05, 3.63) is 28.2 Å². The van der Waals surface area contributed by atoms with Crippen molar-refractivity contribution in [1.29, 1.82) is 0 Å². The monoisotopic (exact) mass is 379 g/mol. The van der Waals surface area contributed by atoms with E-state index in [2.05, 4.69) is 16.0 Å². The van der Waals surface area contributed by atoms with Gasteiger partial charge in [0.2, 0.25) is 5.91 Å². The van der Waals surface area contributed by atoms with Crippen LogP contribution in [0.2, 0.25) is 10.0 Å². The molecule has 1 aliphatic rings. The number of carbonyl (C=O) groups is 2. The van der Waals surface area contributed by atoms with Crippen molar-refractivity contribution in [2.75, 3.05) is 23.4 Å². The molecule has 0 aromatic heterocycles. The van der Waals surface area contributed by atoms with Crippen LogP contribution in [0.5, 0.6) is 0 Å². The third-order valence-corrected chi connectivity index (χ3v) is 5.33. The predicted molar refractivity (Wildman–Crippen MR) is 88.7 cm³/mol. The maximum absolute atomic E-state index is 11.7. The normalized spacial score (nSPS) is 19.1. The summed E-state index contributed by atoms with van der Waals surface area (Å²) in [7, 11) is -3.07. The second kappa shape index (κ2) is 7.37. The van der Waals surface area contributed by atoms with Crippen molar-refractivity contribution in [1.82, 2.24) is 10.6 Å². The summed E-state index contributed by atoms with van der Waals surface area (Å²) < 4.78 is 22.6. The van der Waals surface area contributed by atoms with Gasteiger partial charge < -0.3 is 16.0 Å². The molecule has 0 aliphatic carbocycles. The Labute approximate surface area is 143 Å². The fourth-order valence-corrected chi connectivity index (χ4v) is 4.34. The van der Waals surface area contributed by atoms with E-state index in [1.807, 2.05) is 0 Å². The summed E-state index contributed by atoms with van der Waals surface area (Å²) in [5.41, 5.74) is 0.414. The molecule has 1 saturated heterocycles. The number of hydrogen-bond acceptors (Lipinski definition) is 4. The van der Waals surface area contributed by atoms with Gasteiger partial charge in [-0.1, -0.05) is 23.2 Å². The van der Waals surface area contributed by atoms with Crippen LogP contribution in [-0.2, 0) is 14.6 Å². The van der Waals surface area contributed by atoms with E-state index in [4.69, 9.17) is 23.2 Å². The molecule has 0 bridgehead atoms. The Kier molecular flexibility index (Phi) is 5.72. The Balaban J connectivity index is 1.76. The van der Waals surface area contributed by atoms with Crippen molar-refractivity contribution in [3.63, 3.8) is 0 Å². The third kappa shape index (κ3) is 5.89. The van der Waals surface area contributed by atoms with E-state index in [-0.39, 0.29) is 18.1 Å². The minimum absolute atomic E-state index is 0.0635. The average molecular weight is 380 g/mol. The first-order valence-electron chi connectivity index (χ1n) is 6.74. The van der Waals surface area contributed by atoms with Crippen LogP contribution >= 0.6 is 23.2 Å². The summed E-state index contributed by atoms with van der Waals surface area (Å²) in [4.78, 5) is 23.4. The number of hydrogen-bond donors (Lipinski definition) is 3. The number of halogens is 2. The van der Waals surface area contributed by atoms with E-state index in [1.165, 1.54) is 18.2 Å². The molecular weight excluding hydrogens is 365 g/mol. The van der Waals surface area contributed by atoms with Crippen molar-refractivity contribution >= 4 is 50.7 Å². The molecule has 0 spiro atoms. The summed E-state index contributed by atoms with van der Waals surface area (Å²) in [6.45, 7) is -0.268. The number of anilines is 1. The number of carbonyl (C=O) groups excluding carboxylic acids is 2. The standard InChI is InChI=1S/C13H15Cl2N3O4S/c14-8-3-9(15)5-11(4-8)17-12(19)6-16-13(20)18-10-1-2-23(21,22)7-10/h3-5,10H,1-2,6-7H2,(H,17,19)(H2,16,18,20). The quantitative estimate of drug-likeness (QED) is 0.735. The lowest BCUT2D eigenvalue weighted by Gasteiger charge is -2.12. The Morgan fingerprint density at radius 3 is 2.39 bits per heavy atom. The van der Waals surface area contributed by atoms with Gasteiger partial charge in [0, 0.05) is 21.8 Å². The largest absolute Gasteiger partial charge is 0.334 e. The second-order valence-electron chi connectivity index (χ2n) is 5.13. The lowest BCUT2D eigenvalue weighted by Crippen LogP contribution is -2.45. The topological polar surface area (TPSA) is 104 Å². The molecule has 0 radical (unpaired) electrons. The highest BCUT2D eigenvalue weighted by Crippen LogP contribution is 2.22. The summed E-state index contributed by atoms with van der Waals surface area (Å²) in [6, 6.07) is 3.56. The highest BCUT2D eigenvalue weighted by Gasteiger charge is 2.28. The first-order valence-corrected chi connectivity index (χ1v) is 9.32. The molecule has 1 aromatic carbocycles. The molecule has 1 aromatic rings. The highest BCUT2D eigenvalue weighted by molar-refractivity contribution is 7.91. The average Bonchev–Trinajstić information content (AvgIpc) is 2.74. The number of benzene rings is 1. The molecule has 23 heavy (non-hydrogen) atoms. The number of rotatable bonds is 4. The van der Waals surface area contributed by atoms with Crippen LogP contribution in [0.3, 0.4) is 0 Å². The van der Waals surface area contributed by atoms with Gasteiger partial charge in [0.15, 0.2) is 9.84 Å². The van der Waals surface area contributed by atoms with Gasteiger partial charge in [-0.15, -0.1) is 0 Å². The zero-order valence-electron chi connectivity index (χ0n) is 11.9. The van der Waals surface area contributed by atoms with Crippen LogP contribution in [-0.4, -0.2) is 44.4 Å². The fraction of sp³-hybridized carbons (Fsp3) is 0.385. The van der Waals surface area contributed by atoms with Gasteiger partial charge in [0.25, 0.3) is 0 Å². The molecular formula is C13H15Cl2N3O4S. The zero-order valence-corrected chi connectivity index (χ0v) is 14.3. The van der Waals surface area contributed by atoms with Gasteiger partial charge >= 0.3 is 6.03 Å². The van der Waals surface area contributed by atoms with Crippen molar-refractivity contribution in [2.24, 2.45) is 0 Å². The molecule has 1 heterocycles. The smallest absolute Gasteiger partial charge is 0.315 e. The lowest BCUT2D eigenvalue weighted by atomic mass is 10.3. The summed E-state index contributed by atoms with van der Waals surface area (Å²) in [6.07, 6.45) is 0.378. The van der Waals surface area contributed by atoms with Crippen LogP contribution in [0, 0.1) is 0 Å². The first kappa shape index (κ1) is 17.8. The van der Waals surface area contributed by atoms with E-state index in [9.17, 15) is 18.0 Å². The Morgan fingerprint density at radius 1 is 1.17 bits per heavy atom. The Bertz CT molecular complexity index is 704. The SMILES string of the molecule is O=C(CNC(=O)NC1CCS(=O)(=O)C1)Nc1cc(Cl)cc(Cl)c1. The van der Waals surface area contributed by atoms with Gasteiger partial charge in [-0.2, -0.15) is 0 Å². The molecule has 7 nitrogen and oxygen atoms in total. The molecule has 1 atom stereocenters. The van der Waals surface area contributed by atoms with E-state index in [1.54, 1.807) is 0 Å². The summed E-state index contributed by atoms with van der Waals surface area (Å²) >= 11 is 11.6. The first-order chi connectivity index (χ1) is 10.7. The van der Waals surface area contributed by atoms with Gasteiger partial charge in [-0.3, -0.25) is 4.79 Å². The second-order valence-corrected chi connectivity index (χ2v) is 8.23. The van der Waals surface area contributed by atoms with Gasteiger partial charge in [0.1, 0.15) is 0 Å². The van der Waals surface area contributed by atoms with E-state index in [0.717, 1.165) is 0 Å². The minimum Gasteiger partial charge on any atom is -0.334 e. The molecule has 1 aliphatic heterocycles. The van der Waals surface area contributed by atoms with Crippen LogP contribution in [0.15, 0.2) is 18.2 Å². The van der Waals surface area contributed by atoms with Crippen molar-refractivity contribution < 1.29 is 18.0 Å². The number of urea groups is 1. The fourth-order valence-electron chi connectivity index (χ4n) is 2.14. The molecule has 3 N–H and O–H groups in total.